The van der Waals surface area contributed by atoms with Gasteiger partial charge in [-0.3, -0.25) is 14.1 Å². The zero-order valence-electron chi connectivity index (χ0n) is 36.4. The third-order valence-corrected chi connectivity index (χ3v) is 11.6. The number of ether oxygens (including phenoxy) is 4. The maximum absolute atomic E-state index is 12.8. The summed E-state index contributed by atoms with van der Waals surface area (Å²) in [6.45, 7) is 3.76. The highest BCUT2D eigenvalue weighted by Crippen LogP contribution is 2.24. The van der Waals surface area contributed by atoms with E-state index in [1.54, 1.807) is 0 Å². The average molecular weight is 849 g/mol. The minimum Gasteiger partial charge on any atom is -0.462 e. The van der Waals surface area contributed by atoms with Gasteiger partial charge in [0.15, 0.2) is 12.4 Å². The molecule has 2 unspecified atom stereocenters. The molecule has 0 aromatic rings. The van der Waals surface area contributed by atoms with Gasteiger partial charge < -0.3 is 34.3 Å². The number of allylic oxidation sites excluding steroid dienone is 2. The Kier molecular flexibility index (Phi) is 33.8. The van der Waals surface area contributed by atoms with E-state index in [9.17, 15) is 37.9 Å². The normalized spacial score (nSPS) is 20.4. The zero-order chi connectivity index (χ0) is 42.7. The van der Waals surface area contributed by atoms with Crippen LogP contribution in [0.1, 0.15) is 206 Å². The van der Waals surface area contributed by atoms with E-state index in [4.69, 9.17) is 18.9 Å². The van der Waals surface area contributed by atoms with Crippen molar-refractivity contribution in [3.63, 3.8) is 0 Å². The van der Waals surface area contributed by atoms with Crippen molar-refractivity contribution in [2.75, 3.05) is 19.0 Å². The van der Waals surface area contributed by atoms with Gasteiger partial charge in [-0.2, -0.15) is 8.42 Å². The van der Waals surface area contributed by atoms with Gasteiger partial charge in [-0.15, -0.1) is 0 Å². The van der Waals surface area contributed by atoms with Crippen LogP contribution in [0.2, 0.25) is 0 Å². The lowest BCUT2D eigenvalue weighted by molar-refractivity contribution is -0.297. The Morgan fingerprint density at radius 2 is 0.983 bits per heavy atom. The second-order valence-electron chi connectivity index (χ2n) is 16.4. The number of carbonyl (C=O) groups is 2. The fourth-order valence-corrected chi connectivity index (χ4v) is 7.89. The number of unbranched alkanes of at least 4 members (excludes halogenated alkanes) is 25. The van der Waals surface area contributed by atoms with Crippen LogP contribution < -0.4 is 0 Å². The van der Waals surface area contributed by atoms with E-state index in [2.05, 4.69) is 26.0 Å². The Hall–Kier alpha value is -1.61. The smallest absolute Gasteiger partial charge is 0.306 e. The van der Waals surface area contributed by atoms with Gasteiger partial charge in [-0.1, -0.05) is 167 Å². The predicted molar refractivity (Wildman–Crippen MR) is 229 cm³/mol. The summed E-state index contributed by atoms with van der Waals surface area (Å²) >= 11 is 0. The number of hydrogen-bond donors (Lipinski definition) is 4. The molecule has 12 nitrogen and oxygen atoms in total. The first kappa shape index (κ1) is 54.4. The van der Waals surface area contributed by atoms with Crippen molar-refractivity contribution >= 4 is 22.1 Å². The van der Waals surface area contributed by atoms with Crippen LogP contribution in [0.3, 0.4) is 0 Å². The van der Waals surface area contributed by atoms with Crippen molar-refractivity contribution in [1.82, 2.24) is 0 Å². The molecular formula is C45H84O12S. The molecule has 1 rings (SSSR count). The number of rotatable bonds is 39. The topological polar surface area (TPSA) is 186 Å². The van der Waals surface area contributed by atoms with Gasteiger partial charge in [0.2, 0.25) is 0 Å². The molecule has 1 fully saturated rings. The average Bonchev–Trinajstić information content (AvgIpc) is 3.18. The third kappa shape index (κ3) is 30.4. The van der Waals surface area contributed by atoms with Gasteiger partial charge >= 0.3 is 11.9 Å². The first-order chi connectivity index (χ1) is 28.0. The molecule has 0 aromatic carbocycles. The maximum atomic E-state index is 12.8. The highest BCUT2D eigenvalue weighted by Gasteiger charge is 2.46. The summed E-state index contributed by atoms with van der Waals surface area (Å²) in [5.74, 6) is -1.98. The van der Waals surface area contributed by atoms with Crippen LogP contribution in [0.5, 0.6) is 0 Å². The summed E-state index contributed by atoms with van der Waals surface area (Å²) < 4.78 is 54.1. The molecule has 342 valence electrons. The molecule has 0 amide bonds. The Morgan fingerprint density at radius 3 is 1.43 bits per heavy atom. The number of esters is 2. The standard InChI is InChI=1S/C45H84O12S/c1-3-5-7-9-11-13-15-17-19-21-23-25-27-29-31-33-40(46)54-35-38(36-55-45-44(50)43(49)42(48)39(57-45)37-58(51,52)53)56-41(47)34-32-30-28-26-24-22-20-18-16-14-12-10-8-6-4-2/h18,20,38-39,42-45,48-50H,3-17,19,21-37H2,1-2H3,(H,51,52,53)/b20-18+/t38-,39-,42-,43?,44?,45+/m1/s1. The molecule has 1 heterocycles. The van der Waals surface area contributed by atoms with Gasteiger partial charge in [0.1, 0.15) is 36.8 Å². The van der Waals surface area contributed by atoms with E-state index >= 15 is 0 Å². The lowest BCUT2D eigenvalue weighted by atomic mass is 10.00. The molecule has 6 atom stereocenters. The second-order valence-corrected chi connectivity index (χ2v) is 17.9. The van der Waals surface area contributed by atoms with Gasteiger partial charge in [0, 0.05) is 12.8 Å². The van der Waals surface area contributed by atoms with Gasteiger partial charge in [-0.05, 0) is 38.5 Å². The molecule has 0 aliphatic carbocycles. The molecule has 0 aromatic heterocycles. The highest BCUT2D eigenvalue weighted by atomic mass is 32.2. The van der Waals surface area contributed by atoms with Crippen molar-refractivity contribution < 1.29 is 56.8 Å². The van der Waals surface area contributed by atoms with Crippen LogP contribution in [0.25, 0.3) is 0 Å². The maximum Gasteiger partial charge on any atom is 0.306 e. The molecule has 1 aliphatic rings. The Labute approximate surface area is 352 Å². The minimum atomic E-state index is -4.60. The number of carbonyl (C=O) groups excluding carboxylic acids is 2. The van der Waals surface area contributed by atoms with Crippen LogP contribution >= 0.6 is 0 Å². The molecule has 58 heavy (non-hydrogen) atoms. The summed E-state index contributed by atoms with van der Waals surface area (Å²) in [5.41, 5.74) is 0. The predicted octanol–water partition coefficient (Wildman–Crippen LogP) is 9.45. The van der Waals surface area contributed by atoms with Crippen molar-refractivity contribution in [3.8, 4) is 0 Å². The van der Waals surface area contributed by atoms with E-state index in [1.165, 1.54) is 109 Å². The van der Waals surface area contributed by atoms with E-state index in [0.29, 0.717) is 12.8 Å². The zero-order valence-corrected chi connectivity index (χ0v) is 37.2. The van der Waals surface area contributed by atoms with Gasteiger partial charge in [0.05, 0.1) is 6.61 Å². The minimum absolute atomic E-state index is 0.158. The van der Waals surface area contributed by atoms with Crippen molar-refractivity contribution in [3.05, 3.63) is 12.2 Å². The molecule has 4 N–H and O–H groups in total. The van der Waals surface area contributed by atoms with Crippen LogP contribution in [0, 0.1) is 0 Å². The van der Waals surface area contributed by atoms with E-state index in [1.807, 2.05) is 0 Å². The quantitative estimate of drug-likeness (QED) is 0.0199. The molecule has 1 saturated heterocycles. The number of aliphatic hydroxyl groups is 3. The lowest BCUT2D eigenvalue weighted by Gasteiger charge is -2.40. The van der Waals surface area contributed by atoms with Crippen LogP contribution in [-0.2, 0) is 38.7 Å². The largest absolute Gasteiger partial charge is 0.462 e. The summed E-state index contributed by atoms with van der Waals surface area (Å²) in [6, 6.07) is 0. The summed E-state index contributed by atoms with van der Waals surface area (Å²) in [5, 5.41) is 30.9. The second kappa shape index (κ2) is 36.1. The van der Waals surface area contributed by atoms with Crippen molar-refractivity contribution in [1.29, 1.82) is 0 Å². The summed E-state index contributed by atoms with van der Waals surface area (Å²) in [6.07, 6.45) is 28.2. The molecule has 0 spiro atoms. The van der Waals surface area contributed by atoms with E-state index in [-0.39, 0.29) is 19.4 Å². The van der Waals surface area contributed by atoms with Crippen LogP contribution in [-0.4, -0.2) is 96.0 Å². The Balaban J connectivity index is 2.43. The molecule has 1 aliphatic heterocycles. The molecule has 0 saturated carbocycles. The lowest BCUT2D eigenvalue weighted by Crippen LogP contribution is -2.60. The molecule has 13 heteroatoms. The summed E-state index contributed by atoms with van der Waals surface area (Å²) in [4.78, 5) is 25.4. The first-order valence-electron chi connectivity index (χ1n) is 23.2. The number of aliphatic hydroxyl groups excluding tert-OH is 3. The fourth-order valence-electron chi connectivity index (χ4n) is 7.20. The number of hydrogen-bond acceptors (Lipinski definition) is 11. The monoisotopic (exact) mass is 849 g/mol. The Bertz CT molecular complexity index is 1130. The van der Waals surface area contributed by atoms with Crippen molar-refractivity contribution in [2.24, 2.45) is 0 Å². The Morgan fingerprint density at radius 1 is 0.569 bits per heavy atom. The molecule has 0 bridgehead atoms. The summed E-state index contributed by atoms with van der Waals surface area (Å²) in [7, 11) is -4.60. The first-order valence-corrected chi connectivity index (χ1v) is 24.9. The van der Waals surface area contributed by atoms with Crippen molar-refractivity contribution in [2.45, 2.75) is 243 Å². The SMILES string of the molecule is CCCCCCCC/C=C/CCCCCCCC(=O)O[C@H](COC(=O)CCCCCCCCCCCCCCCCC)CO[C@H]1O[C@H](CS(=O)(=O)O)[C@@H](O)C(O)C1O. The van der Waals surface area contributed by atoms with Crippen LogP contribution in [0.15, 0.2) is 12.2 Å². The molecular weight excluding hydrogens is 765 g/mol. The van der Waals surface area contributed by atoms with E-state index < -0.39 is 71.2 Å². The third-order valence-electron chi connectivity index (χ3n) is 10.8. The van der Waals surface area contributed by atoms with Gasteiger partial charge in [-0.25, -0.2) is 0 Å². The fraction of sp³-hybridized carbons (Fsp3) is 0.911. The van der Waals surface area contributed by atoms with Gasteiger partial charge in [0.25, 0.3) is 10.1 Å². The van der Waals surface area contributed by atoms with E-state index in [0.717, 1.165) is 57.8 Å². The van der Waals surface area contributed by atoms with Crippen LogP contribution in [0.4, 0.5) is 0 Å². The highest BCUT2D eigenvalue weighted by molar-refractivity contribution is 7.85. The molecule has 0 radical (unpaired) electrons.